The summed E-state index contributed by atoms with van der Waals surface area (Å²) < 4.78 is 38.1. The summed E-state index contributed by atoms with van der Waals surface area (Å²) in [5, 5.41) is 0. The van der Waals surface area contributed by atoms with Gasteiger partial charge in [0, 0.05) is 10.0 Å². The molecule has 1 rings (SSSR count). The van der Waals surface area contributed by atoms with Gasteiger partial charge in [0.2, 0.25) is 0 Å². The van der Waals surface area contributed by atoms with Gasteiger partial charge in [0.05, 0.1) is 0 Å². The molecule has 0 saturated heterocycles. The zero-order chi connectivity index (χ0) is 9.46. The molecule has 1 aromatic carbocycles. The van der Waals surface area contributed by atoms with Gasteiger partial charge in [0.25, 0.3) is 0 Å². The lowest BCUT2D eigenvalue weighted by atomic mass is 9.94. The van der Waals surface area contributed by atoms with E-state index in [2.05, 4.69) is 15.9 Å². The molecule has 0 unspecified atom stereocenters. The minimum Gasteiger partial charge on any atom is -0.205 e. The first kappa shape index (κ1) is 9.64. The van der Waals surface area contributed by atoms with E-state index >= 15 is 0 Å². The van der Waals surface area contributed by atoms with Gasteiger partial charge < -0.3 is 0 Å². The fraction of sp³-hybridized carbons (Fsp3) is 0.143. The molecule has 12 heavy (non-hydrogen) atoms. The molecule has 0 saturated carbocycles. The van der Waals surface area contributed by atoms with E-state index in [0.29, 0.717) is 0 Å². The zero-order valence-corrected chi connectivity index (χ0v) is 7.68. The lowest BCUT2D eigenvalue weighted by Gasteiger charge is -2.06. The highest BCUT2D eigenvalue weighted by Gasteiger charge is 2.17. The van der Waals surface area contributed by atoms with Crippen LogP contribution < -0.4 is 5.46 Å². The molecule has 0 fully saturated rings. The second-order valence-electron chi connectivity index (χ2n) is 2.29. The van der Waals surface area contributed by atoms with E-state index in [1.54, 1.807) is 0 Å². The monoisotopic (exact) mass is 234 g/mol. The van der Waals surface area contributed by atoms with E-state index in [1.165, 1.54) is 0 Å². The van der Waals surface area contributed by atoms with Crippen LogP contribution in [0.25, 0.3) is 0 Å². The minimum absolute atomic E-state index is 0.237. The van der Waals surface area contributed by atoms with Gasteiger partial charge in [0.15, 0.2) is 11.6 Å². The third-order valence-corrected chi connectivity index (χ3v) is 2.29. The predicted molar refractivity (Wildman–Crippen MR) is 44.1 cm³/mol. The first-order valence-corrected chi connectivity index (χ1v) is 3.84. The number of benzene rings is 1. The van der Waals surface area contributed by atoms with Crippen molar-refractivity contribution in [3.8, 4) is 0 Å². The van der Waals surface area contributed by atoms with E-state index < -0.39 is 22.9 Å². The fourth-order valence-electron chi connectivity index (χ4n) is 0.758. The maximum atomic E-state index is 12.9. The quantitative estimate of drug-likeness (QED) is 0.476. The minimum atomic E-state index is -1.24. The Balaban J connectivity index is 3.60. The molecule has 0 aliphatic rings. The first-order chi connectivity index (χ1) is 5.46. The van der Waals surface area contributed by atoms with Gasteiger partial charge in [-0.3, -0.25) is 0 Å². The molecule has 1 aromatic rings. The Labute approximate surface area is 77.3 Å². The molecule has 0 amide bonds. The van der Waals surface area contributed by atoms with Gasteiger partial charge in [-0.2, -0.15) is 0 Å². The van der Waals surface area contributed by atoms with Crippen LogP contribution in [-0.4, -0.2) is 7.85 Å². The lowest BCUT2D eigenvalue weighted by Crippen LogP contribution is -2.16. The maximum Gasteiger partial charge on any atom is 0.164 e. The summed E-state index contributed by atoms with van der Waals surface area (Å²) in [7, 11) is 5.05. The van der Waals surface area contributed by atoms with Crippen molar-refractivity contribution in [1.29, 1.82) is 0 Å². The Morgan fingerprint density at radius 2 is 1.58 bits per heavy atom. The highest BCUT2D eigenvalue weighted by atomic mass is 79.9. The second-order valence-corrected chi connectivity index (χ2v) is 3.09. The van der Waals surface area contributed by atoms with Gasteiger partial charge >= 0.3 is 0 Å². The Morgan fingerprint density at radius 1 is 1.08 bits per heavy atom. The molecule has 0 spiro atoms. The predicted octanol–water partition coefficient (Wildman–Crippen LogP) is 1.97. The van der Waals surface area contributed by atoms with Crippen LogP contribution in [0.15, 0.2) is 4.47 Å². The Bertz CT molecular complexity index is 233. The molecule has 0 N–H and O–H groups in total. The summed E-state index contributed by atoms with van der Waals surface area (Å²) in [5.41, 5.74) is -0.927. The SMILES string of the molecule is [B]c1c(F)c(F)c(C)c(F)c1Br. The van der Waals surface area contributed by atoms with Crippen molar-refractivity contribution in [2.45, 2.75) is 6.92 Å². The van der Waals surface area contributed by atoms with Gasteiger partial charge in [-0.15, -0.1) is 0 Å². The van der Waals surface area contributed by atoms with Crippen molar-refractivity contribution in [2.24, 2.45) is 0 Å². The highest BCUT2D eigenvalue weighted by molar-refractivity contribution is 9.10. The van der Waals surface area contributed by atoms with E-state index in [4.69, 9.17) is 7.85 Å². The number of rotatable bonds is 0. The van der Waals surface area contributed by atoms with Crippen LogP contribution in [0.1, 0.15) is 5.56 Å². The van der Waals surface area contributed by atoms with Gasteiger partial charge in [-0.05, 0) is 28.3 Å². The molecule has 0 heterocycles. The molecule has 0 aromatic heterocycles. The Morgan fingerprint density at radius 3 is 2.08 bits per heavy atom. The highest BCUT2D eigenvalue weighted by Crippen LogP contribution is 2.20. The largest absolute Gasteiger partial charge is 0.205 e. The van der Waals surface area contributed by atoms with E-state index in [0.717, 1.165) is 6.92 Å². The summed E-state index contributed by atoms with van der Waals surface area (Å²) in [6.45, 7) is 1.14. The van der Waals surface area contributed by atoms with Crippen LogP contribution in [0, 0.1) is 24.4 Å². The van der Waals surface area contributed by atoms with Gasteiger partial charge in [-0.1, -0.05) is 0 Å². The van der Waals surface area contributed by atoms with Crippen molar-refractivity contribution < 1.29 is 13.2 Å². The smallest absolute Gasteiger partial charge is 0.164 e. The first-order valence-electron chi connectivity index (χ1n) is 3.04. The van der Waals surface area contributed by atoms with Crippen LogP contribution in [0.2, 0.25) is 0 Å². The number of hydrogen-bond acceptors (Lipinski definition) is 0. The third kappa shape index (κ3) is 1.26. The molecule has 0 atom stereocenters. The van der Waals surface area contributed by atoms with E-state index in [9.17, 15) is 13.2 Å². The van der Waals surface area contributed by atoms with Crippen molar-refractivity contribution in [3.05, 3.63) is 27.5 Å². The zero-order valence-electron chi connectivity index (χ0n) is 6.09. The van der Waals surface area contributed by atoms with Gasteiger partial charge in [0.1, 0.15) is 13.7 Å². The van der Waals surface area contributed by atoms with Crippen molar-refractivity contribution in [2.75, 3.05) is 0 Å². The summed E-state index contributed by atoms with van der Waals surface area (Å²) in [5.74, 6) is -3.33. The Kier molecular flexibility index (Phi) is 2.51. The molecule has 0 aliphatic heterocycles. The van der Waals surface area contributed by atoms with Crippen LogP contribution in [0.4, 0.5) is 13.2 Å². The van der Waals surface area contributed by atoms with Crippen LogP contribution in [0.5, 0.6) is 0 Å². The molecule has 2 radical (unpaired) electrons. The van der Waals surface area contributed by atoms with Crippen LogP contribution in [0.3, 0.4) is 0 Å². The summed E-state index contributed by atoms with van der Waals surface area (Å²) in [4.78, 5) is 0. The fourth-order valence-corrected chi connectivity index (χ4v) is 1.23. The normalized spacial score (nSPS) is 10.4. The van der Waals surface area contributed by atoms with E-state index in [1.807, 2.05) is 0 Å². The van der Waals surface area contributed by atoms with E-state index in [-0.39, 0.29) is 10.0 Å². The standard InChI is InChI=1S/C7H3BBrF3/c1-2-5(10)4(9)3(8)7(12)6(2)11/h1H3. The van der Waals surface area contributed by atoms with Crippen molar-refractivity contribution >= 4 is 29.2 Å². The summed E-state index contributed by atoms with van der Waals surface area (Å²) in [6.07, 6.45) is 0. The average molecular weight is 235 g/mol. The van der Waals surface area contributed by atoms with Crippen LogP contribution in [-0.2, 0) is 0 Å². The second kappa shape index (κ2) is 3.13. The third-order valence-electron chi connectivity index (χ3n) is 1.52. The molecule has 0 nitrogen and oxygen atoms in total. The molecular formula is C7H3BBrF3. The summed E-state index contributed by atoms with van der Waals surface area (Å²) >= 11 is 2.71. The van der Waals surface area contributed by atoms with Crippen LogP contribution >= 0.6 is 15.9 Å². The molecule has 5 heteroatoms. The molecule has 0 bridgehead atoms. The molecule has 62 valence electrons. The van der Waals surface area contributed by atoms with Crippen molar-refractivity contribution in [1.82, 2.24) is 0 Å². The molecular weight excluding hydrogens is 232 g/mol. The maximum absolute atomic E-state index is 12.9. The topological polar surface area (TPSA) is 0 Å². The molecule has 0 aliphatic carbocycles. The number of halogens is 4. The van der Waals surface area contributed by atoms with Crippen molar-refractivity contribution in [3.63, 3.8) is 0 Å². The Hall–Kier alpha value is -0.445. The average Bonchev–Trinajstić information content (AvgIpc) is 2.08. The lowest BCUT2D eigenvalue weighted by molar-refractivity contribution is 0.490. The van der Waals surface area contributed by atoms with Gasteiger partial charge in [-0.25, -0.2) is 13.2 Å². The number of hydrogen-bond donors (Lipinski definition) is 0. The summed E-state index contributed by atoms with van der Waals surface area (Å²) in [6, 6.07) is 0.